The van der Waals surface area contributed by atoms with Gasteiger partial charge >= 0.3 is 13.8 Å². The van der Waals surface area contributed by atoms with Crippen LogP contribution in [-0.2, 0) is 27.9 Å². The number of hydrogen-bond donors (Lipinski definition) is 2. The molecule has 0 rings (SSSR count). The number of carbonyl (C=O) groups is 1. The van der Waals surface area contributed by atoms with E-state index < -0.39 is 13.9 Å². The first kappa shape index (κ1) is 42.7. The van der Waals surface area contributed by atoms with Crippen LogP contribution in [0.3, 0.4) is 0 Å². The molecule has 2 atom stereocenters. The summed E-state index contributed by atoms with van der Waals surface area (Å²) in [5.41, 5.74) is 5.33. The standard InChI is InChI=1S/C35H66NO7P/c1-3-5-7-9-11-13-15-16-17-18-19-21-23-25-27-30-40-32-34(33-42-44(38,39)41-31-29-36)43-35(37)28-26-24-22-20-14-12-10-8-6-4-2/h8-11,15-16,34H,3-7,12-14,17-33,36H2,1-2H3,(H,38,39)/b10-8-,11-9-,16-15-. The highest BCUT2D eigenvalue weighted by molar-refractivity contribution is 7.47. The van der Waals surface area contributed by atoms with Gasteiger partial charge in [0.05, 0.1) is 19.8 Å². The second-order valence-corrected chi connectivity index (χ2v) is 12.8. The van der Waals surface area contributed by atoms with Crippen molar-refractivity contribution in [1.82, 2.24) is 0 Å². The molecule has 0 aromatic heterocycles. The first-order chi connectivity index (χ1) is 21.4. The van der Waals surface area contributed by atoms with Crippen LogP contribution >= 0.6 is 7.82 Å². The summed E-state index contributed by atoms with van der Waals surface area (Å²) in [6, 6.07) is 0. The fraction of sp³-hybridized carbons (Fsp3) is 0.800. The van der Waals surface area contributed by atoms with Crippen molar-refractivity contribution in [3.8, 4) is 0 Å². The molecule has 9 heteroatoms. The lowest BCUT2D eigenvalue weighted by Crippen LogP contribution is -2.28. The lowest BCUT2D eigenvalue weighted by molar-refractivity contribution is -0.154. The number of rotatable bonds is 33. The molecule has 2 unspecified atom stereocenters. The predicted molar refractivity (Wildman–Crippen MR) is 183 cm³/mol. The van der Waals surface area contributed by atoms with Crippen molar-refractivity contribution < 1.29 is 32.8 Å². The molecule has 0 aliphatic carbocycles. The van der Waals surface area contributed by atoms with E-state index in [1.165, 1.54) is 51.4 Å². The lowest BCUT2D eigenvalue weighted by Gasteiger charge is -2.20. The average Bonchev–Trinajstić information content (AvgIpc) is 3.01. The summed E-state index contributed by atoms with van der Waals surface area (Å²) in [7, 11) is -4.27. The van der Waals surface area contributed by atoms with E-state index in [9.17, 15) is 14.3 Å². The van der Waals surface area contributed by atoms with E-state index >= 15 is 0 Å². The monoisotopic (exact) mass is 643 g/mol. The number of allylic oxidation sites excluding steroid dienone is 6. The predicted octanol–water partition coefficient (Wildman–Crippen LogP) is 9.52. The molecule has 0 heterocycles. The van der Waals surface area contributed by atoms with Gasteiger partial charge in [0, 0.05) is 19.6 Å². The number of carbonyl (C=O) groups excluding carboxylic acids is 1. The van der Waals surface area contributed by atoms with E-state index in [2.05, 4.69) is 50.3 Å². The van der Waals surface area contributed by atoms with Gasteiger partial charge in [-0.3, -0.25) is 13.8 Å². The number of phosphoric ester groups is 1. The minimum atomic E-state index is -4.27. The van der Waals surface area contributed by atoms with E-state index in [1.54, 1.807) is 0 Å². The Morgan fingerprint density at radius 3 is 1.89 bits per heavy atom. The lowest BCUT2D eigenvalue weighted by atomic mass is 10.1. The number of phosphoric acid groups is 1. The molecule has 0 fully saturated rings. The van der Waals surface area contributed by atoms with Crippen molar-refractivity contribution in [3.63, 3.8) is 0 Å². The number of ether oxygens (including phenoxy) is 2. The van der Waals surface area contributed by atoms with Gasteiger partial charge in [0.1, 0.15) is 6.10 Å². The fourth-order valence-corrected chi connectivity index (χ4v) is 5.19. The normalized spacial score (nSPS) is 14.2. The SMILES string of the molecule is CCC/C=C\CCCCCCCC(=O)OC(COCCCCCCCC/C=C\C/C=C\CCCC)COP(=O)(O)OCCN. The van der Waals surface area contributed by atoms with Crippen molar-refractivity contribution in [2.45, 2.75) is 148 Å². The molecule has 0 aliphatic heterocycles. The Labute approximate surface area is 269 Å². The van der Waals surface area contributed by atoms with Gasteiger partial charge in [0.25, 0.3) is 0 Å². The topological polar surface area (TPSA) is 117 Å². The number of nitrogens with two attached hydrogens (primary N) is 1. The largest absolute Gasteiger partial charge is 0.472 e. The zero-order valence-corrected chi connectivity index (χ0v) is 29.0. The summed E-state index contributed by atoms with van der Waals surface area (Å²) in [5, 5.41) is 0. The third-order valence-corrected chi connectivity index (χ3v) is 7.99. The maximum Gasteiger partial charge on any atom is 0.472 e. The molecule has 0 saturated heterocycles. The molecule has 0 radical (unpaired) electrons. The second-order valence-electron chi connectivity index (χ2n) is 11.4. The summed E-state index contributed by atoms with van der Waals surface area (Å²) in [6.45, 7) is 4.76. The summed E-state index contributed by atoms with van der Waals surface area (Å²) in [6.07, 6.45) is 34.4. The maximum atomic E-state index is 12.4. The summed E-state index contributed by atoms with van der Waals surface area (Å²) in [4.78, 5) is 22.3. The zero-order valence-electron chi connectivity index (χ0n) is 28.1. The zero-order chi connectivity index (χ0) is 32.4. The molecule has 258 valence electrons. The Kier molecular flexibility index (Phi) is 32.1. The Morgan fingerprint density at radius 1 is 0.682 bits per heavy atom. The summed E-state index contributed by atoms with van der Waals surface area (Å²) < 4.78 is 33.2. The molecule has 0 amide bonds. The molecule has 0 aromatic carbocycles. The van der Waals surface area contributed by atoms with Gasteiger partial charge in [0.15, 0.2) is 0 Å². The smallest absolute Gasteiger partial charge is 0.457 e. The Bertz CT molecular complexity index is 772. The second kappa shape index (κ2) is 33.1. The number of unbranched alkanes of at least 4 members (excludes halogenated alkanes) is 14. The molecule has 0 aromatic rings. The van der Waals surface area contributed by atoms with Gasteiger partial charge in [-0.2, -0.15) is 0 Å². The van der Waals surface area contributed by atoms with Crippen LogP contribution in [-0.4, -0.2) is 49.9 Å². The van der Waals surface area contributed by atoms with Crippen molar-refractivity contribution in [3.05, 3.63) is 36.5 Å². The highest BCUT2D eigenvalue weighted by atomic mass is 31.2. The van der Waals surface area contributed by atoms with E-state index in [0.717, 1.165) is 70.6 Å². The van der Waals surface area contributed by atoms with E-state index in [4.69, 9.17) is 24.3 Å². The van der Waals surface area contributed by atoms with Crippen LogP contribution in [0.15, 0.2) is 36.5 Å². The van der Waals surface area contributed by atoms with E-state index in [1.807, 2.05) is 0 Å². The minimum Gasteiger partial charge on any atom is -0.457 e. The van der Waals surface area contributed by atoms with Gasteiger partial charge in [-0.15, -0.1) is 0 Å². The van der Waals surface area contributed by atoms with Gasteiger partial charge in [-0.25, -0.2) is 4.57 Å². The Morgan fingerprint density at radius 2 is 1.25 bits per heavy atom. The Hall–Kier alpha value is -1.28. The van der Waals surface area contributed by atoms with Gasteiger partial charge < -0.3 is 20.1 Å². The fourth-order valence-electron chi connectivity index (χ4n) is 4.42. The van der Waals surface area contributed by atoms with E-state index in [-0.39, 0.29) is 32.3 Å². The van der Waals surface area contributed by atoms with Crippen LogP contribution in [0.2, 0.25) is 0 Å². The maximum absolute atomic E-state index is 12.4. The first-order valence-electron chi connectivity index (χ1n) is 17.5. The number of hydrogen-bond acceptors (Lipinski definition) is 7. The highest BCUT2D eigenvalue weighted by Gasteiger charge is 2.25. The molecule has 0 bridgehead atoms. The molecule has 0 aliphatic rings. The van der Waals surface area contributed by atoms with Crippen molar-refractivity contribution in [2.24, 2.45) is 5.73 Å². The van der Waals surface area contributed by atoms with Crippen LogP contribution in [0.5, 0.6) is 0 Å². The summed E-state index contributed by atoms with van der Waals surface area (Å²) >= 11 is 0. The van der Waals surface area contributed by atoms with Gasteiger partial charge in [-0.1, -0.05) is 115 Å². The van der Waals surface area contributed by atoms with E-state index in [0.29, 0.717) is 13.0 Å². The molecule has 0 spiro atoms. The summed E-state index contributed by atoms with van der Waals surface area (Å²) in [5.74, 6) is -0.348. The van der Waals surface area contributed by atoms with Crippen LogP contribution in [0.25, 0.3) is 0 Å². The van der Waals surface area contributed by atoms with Crippen LogP contribution < -0.4 is 5.73 Å². The molecule has 3 N–H and O–H groups in total. The highest BCUT2D eigenvalue weighted by Crippen LogP contribution is 2.43. The van der Waals surface area contributed by atoms with Crippen molar-refractivity contribution in [1.29, 1.82) is 0 Å². The first-order valence-corrected chi connectivity index (χ1v) is 19.0. The Balaban J connectivity index is 4.14. The van der Waals surface area contributed by atoms with Crippen LogP contribution in [0, 0.1) is 0 Å². The molecular weight excluding hydrogens is 577 g/mol. The number of esters is 1. The molecule has 44 heavy (non-hydrogen) atoms. The van der Waals surface area contributed by atoms with Gasteiger partial charge in [-0.05, 0) is 57.8 Å². The third kappa shape index (κ3) is 32.1. The quantitative estimate of drug-likeness (QED) is 0.0314. The van der Waals surface area contributed by atoms with Crippen molar-refractivity contribution in [2.75, 3.05) is 33.0 Å². The molecule has 0 saturated carbocycles. The average molecular weight is 644 g/mol. The van der Waals surface area contributed by atoms with Crippen LogP contribution in [0.1, 0.15) is 142 Å². The third-order valence-electron chi connectivity index (χ3n) is 7.01. The molecule has 8 nitrogen and oxygen atoms in total. The van der Waals surface area contributed by atoms with Crippen LogP contribution in [0.4, 0.5) is 0 Å². The molecular formula is C35H66NO7P. The minimum absolute atomic E-state index is 0.0963. The van der Waals surface area contributed by atoms with Gasteiger partial charge in [0.2, 0.25) is 0 Å². The van der Waals surface area contributed by atoms with Crippen molar-refractivity contribution >= 4 is 13.8 Å².